The molecule has 0 bridgehead atoms. The lowest BCUT2D eigenvalue weighted by molar-refractivity contribution is -0.125. The van der Waals surface area contributed by atoms with Gasteiger partial charge in [-0.1, -0.05) is 19.3 Å². The zero-order chi connectivity index (χ0) is 10.8. The molecule has 2 aliphatic carbocycles. The SMILES string of the molecule is CC(CC1CC1)NC(=O)C1CCCC1N.Cl. The molecular formula is C12H23ClN2O. The van der Waals surface area contributed by atoms with Crippen LogP contribution in [0.2, 0.25) is 0 Å². The van der Waals surface area contributed by atoms with Gasteiger partial charge in [0, 0.05) is 12.1 Å². The van der Waals surface area contributed by atoms with E-state index >= 15 is 0 Å². The summed E-state index contributed by atoms with van der Waals surface area (Å²) in [6.45, 7) is 2.11. The van der Waals surface area contributed by atoms with Crippen molar-refractivity contribution >= 4 is 18.3 Å². The van der Waals surface area contributed by atoms with Crippen molar-refractivity contribution in [3.05, 3.63) is 0 Å². The highest BCUT2D eigenvalue weighted by Gasteiger charge is 2.31. The number of carbonyl (C=O) groups is 1. The van der Waals surface area contributed by atoms with Crippen LogP contribution in [0.3, 0.4) is 0 Å². The first-order valence-corrected chi connectivity index (χ1v) is 6.22. The normalized spacial score (nSPS) is 30.6. The lowest BCUT2D eigenvalue weighted by atomic mass is 10.0. The standard InChI is InChI=1S/C12H22N2O.ClH/c1-8(7-9-5-6-9)14-12(15)10-3-2-4-11(10)13;/h8-11H,2-7,13H2,1H3,(H,14,15);1H. The molecule has 3 atom stereocenters. The van der Waals surface area contributed by atoms with Gasteiger partial charge in [-0.25, -0.2) is 0 Å². The number of nitrogens with two attached hydrogens (primary N) is 1. The van der Waals surface area contributed by atoms with Crippen molar-refractivity contribution in [2.45, 2.75) is 57.5 Å². The summed E-state index contributed by atoms with van der Waals surface area (Å²) < 4.78 is 0. The number of rotatable bonds is 4. The smallest absolute Gasteiger partial charge is 0.224 e. The molecule has 2 fully saturated rings. The van der Waals surface area contributed by atoms with Crippen molar-refractivity contribution in [1.29, 1.82) is 0 Å². The molecule has 16 heavy (non-hydrogen) atoms. The molecule has 1 amide bonds. The molecule has 4 heteroatoms. The monoisotopic (exact) mass is 246 g/mol. The van der Waals surface area contributed by atoms with E-state index in [1.165, 1.54) is 12.8 Å². The zero-order valence-electron chi connectivity index (χ0n) is 9.95. The van der Waals surface area contributed by atoms with E-state index in [0.29, 0.717) is 6.04 Å². The minimum atomic E-state index is 0. The third-order valence-corrected chi connectivity index (χ3v) is 3.68. The molecule has 0 aromatic heterocycles. The summed E-state index contributed by atoms with van der Waals surface area (Å²) in [5.74, 6) is 1.14. The molecule has 0 aliphatic heterocycles. The van der Waals surface area contributed by atoms with Crippen molar-refractivity contribution < 1.29 is 4.79 Å². The molecule has 0 heterocycles. The van der Waals surface area contributed by atoms with Crippen molar-refractivity contribution in [2.24, 2.45) is 17.6 Å². The molecule has 0 aromatic carbocycles. The van der Waals surface area contributed by atoms with Crippen molar-refractivity contribution in [2.75, 3.05) is 0 Å². The Hall–Kier alpha value is -0.280. The number of hydrogen-bond donors (Lipinski definition) is 2. The molecule has 2 rings (SSSR count). The predicted molar refractivity (Wildman–Crippen MR) is 67.5 cm³/mol. The number of nitrogens with one attached hydrogen (secondary N) is 1. The molecule has 2 saturated carbocycles. The van der Waals surface area contributed by atoms with Crippen molar-refractivity contribution in [3.63, 3.8) is 0 Å². The van der Waals surface area contributed by atoms with Crippen LogP contribution in [0.15, 0.2) is 0 Å². The van der Waals surface area contributed by atoms with Crippen LogP contribution in [0.4, 0.5) is 0 Å². The van der Waals surface area contributed by atoms with Gasteiger partial charge in [-0.2, -0.15) is 0 Å². The Balaban J connectivity index is 0.00000128. The van der Waals surface area contributed by atoms with Crippen LogP contribution >= 0.6 is 12.4 Å². The van der Waals surface area contributed by atoms with Crippen LogP contribution in [0.5, 0.6) is 0 Å². The Morgan fingerprint density at radius 3 is 2.56 bits per heavy atom. The van der Waals surface area contributed by atoms with Gasteiger partial charge < -0.3 is 11.1 Å². The summed E-state index contributed by atoms with van der Waals surface area (Å²) in [6, 6.07) is 0.427. The van der Waals surface area contributed by atoms with Gasteiger partial charge in [-0.3, -0.25) is 4.79 Å². The second-order valence-corrected chi connectivity index (χ2v) is 5.29. The van der Waals surface area contributed by atoms with Gasteiger partial charge in [-0.05, 0) is 32.1 Å². The minimum Gasteiger partial charge on any atom is -0.353 e. The lowest BCUT2D eigenvalue weighted by Crippen LogP contribution is -2.42. The van der Waals surface area contributed by atoms with E-state index in [1.807, 2.05) is 0 Å². The fraction of sp³-hybridized carbons (Fsp3) is 0.917. The van der Waals surface area contributed by atoms with E-state index in [9.17, 15) is 4.79 Å². The third kappa shape index (κ3) is 3.63. The van der Waals surface area contributed by atoms with E-state index in [1.54, 1.807) is 0 Å². The molecule has 3 unspecified atom stereocenters. The quantitative estimate of drug-likeness (QED) is 0.795. The van der Waals surface area contributed by atoms with Crippen LogP contribution in [0, 0.1) is 11.8 Å². The Bertz CT molecular complexity index is 243. The first-order valence-electron chi connectivity index (χ1n) is 6.22. The van der Waals surface area contributed by atoms with Crippen LogP contribution in [-0.2, 0) is 4.79 Å². The molecule has 0 saturated heterocycles. The fourth-order valence-electron chi connectivity index (χ4n) is 2.58. The summed E-state index contributed by atoms with van der Waals surface area (Å²) in [7, 11) is 0. The number of amides is 1. The molecule has 94 valence electrons. The highest BCUT2D eigenvalue weighted by atomic mass is 35.5. The van der Waals surface area contributed by atoms with Crippen LogP contribution in [0.25, 0.3) is 0 Å². The Labute approximate surface area is 104 Å². The molecule has 0 radical (unpaired) electrons. The van der Waals surface area contributed by atoms with E-state index in [4.69, 9.17) is 5.73 Å². The molecule has 3 nitrogen and oxygen atoms in total. The van der Waals surface area contributed by atoms with E-state index in [0.717, 1.165) is 31.6 Å². The summed E-state index contributed by atoms with van der Waals surface area (Å²) in [4.78, 5) is 11.9. The largest absolute Gasteiger partial charge is 0.353 e. The molecular weight excluding hydrogens is 224 g/mol. The average molecular weight is 247 g/mol. The second kappa shape index (κ2) is 5.87. The van der Waals surface area contributed by atoms with Gasteiger partial charge in [-0.15, -0.1) is 12.4 Å². The molecule has 0 spiro atoms. The number of carbonyl (C=O) groups excluding carboxylic acids is 1. The predicted octanol–water partition coefficient (Wildman–Crippen LogP) is 1.84. The van der Waals surface area contributed by atoms with E-state index < -0.39 is 0 Å². The summed E-state index contributed by atoms with van der Waals surface area (Å²) in [6.07, 6.45) is 6.94. The number of halogens is 1. The van der Waals surface area contributed by atoms with Gasteiger partial charge in [0.2, 0.25) is 5.91 Å². The van der Waals surface area contributed by atoms with Crippen LogP contribution < -0.4 is 11.1 Å². The first kappa shape index (κ1) is 13.8. The summed E-state index contributed by atoms with van der Waals surface area (Å²) in [5.41, 5.74) is 5.91. The van der Waals surface area contributed by atoms with E-state index in [2.05, 4.69) is 12.2 Å². The van der Waals surface area contributed by atoms with Crippen LogP contribution in [0.1, 0.15) is 45.4 Å². The lowest BCUT2D eigenvalue weighted by Gasteiger charge is -2.19. The second-order valence-electron chi connectivity index (χ2n) is 5.29. The van der Waals surface area contributed by atoms with Crippen molar-refractivity contribution in [3.8, 4) is 0 Å². The summed E-state index contributed by atoms with van der Waals surface area (Å²) in [5, 5.41) is 3.10. The van der Waals surface area contributed by atoms with Crippen molar-refractivity contribution in [1.82, 2.24) is 5.32 Å². The zero-order valence-corrected chi connectivity index (χ0v) is 10.8. The van der Waals surface area contributed by atoms with Gasteiger partial charge in [0.1, 0.15) is 0 Å². The van der Waals surface area contributed by atoms with Gasteiger partial charge >= 0.3 is 0 Å². The summed E-state index contributed by atoms with van der Waals surface area (Å²) >= 11 is 0. The van der Waals surface area contributed by atoms with E-state index in [-0.39, 0.29) is 30.3 Å². The van der Waals surface area contributed by atoms with Gasteiger partial charge in [0.05, 0.1) is 5.92 Å². The number of hydrogen-bond acceptors (Lipinski definition) is 2. The molecule has 2 aliphatic rings. The third-order valence-electron chi connectivity index (χ3n) is 3.68. The van der Waals surface area contributed by atoms with Crippen LogP contribution in [-0.4, -0.2) is 18.0 Å². The Morgan fingerprint density at radius 2 is 2.06 bits per heavy atom. The fourth-order valence-corrected chi connectivity index (χ4v) is 2.58. The highest BCUT2D eigenvalue weighted by molar-refractivity contribution is 5.85. The highest BCUT2D eigenvalue weighted by Crippen LogP contribution is 2.33. The average Bonchev–Trinajstić information content (AvgIpc) is 2.85. The maximum atomic E-state index is 11.9. The maximum absolute atomic E-state index is 11.9. The molecule has 0 aromatic rings. The Kier molecular flexibility index (Phi) is 5.06. The Morgan fingerprint density at radius 1 is 1.38 bits per heavy atom. The minimum absolute atomic E-state index is 0. The first-order chi connectivity index (χ1) is 7.16. The van der Waals surface area contributed by atoms with Gasteiger partial charge in [0.15, 0.2) is 0 Å². The topological polar surface area (TPSA) is 55.1 Å². The maximum Gasteiger partial charge on any atom is 0.224 e. The molecule has 3 N–H and O–H groups in total. The van der Waals surface area contributed by atoms with Gasteiger partial charge in [0.25, 0.3) is 0 Å².